The van der Waals surface area contributed by atoms with Crippen molar-refractivity contribution in [1.29, 1.82) is 0 Å². The molecule has 7 heteroatoms. The number of hydrogen-bond donors (Lipinski definition) is 1. The van der Waals surface area contributed by atoms with Gasteiger partial charge >= 0.3 is 0 Å². The molecule has 0 aliphatic carbocycles. The van der Waals surface area contributed by atoms with E-state index in [4.69, 9.17) is 0 Å². The van der Waals surface area contributed by atoms with Crippen molar-refractivity contribution in [2.75, 3.05) is 13.1 Å². The predicted octanol–water partition coefficient (Wildman–Crippen LogP) is 1.43. The lowest BCUT2D eigenvalue weighted by atomic mass is 9.90. The van der Waals surface area contributed by atoms with Crippen LogP contribution in [0.4, 0.5) is 0 Å². The van der Waals surface area contributed by atoms with Gasteiger partial charge < -0.3 is 10.0 Å². The SMILES string of the molecule is Cn1nc(C(=O)N2CCC([C@@H](O)c3cccs3)CC2)ccc1=O. The van der Waals surface area contributed by atoms with E-state index in [1.807, 2.05) is 17.5 Å². The summed E-state index contributed by atoms with van der Waals surface area (Å²) in [5.41, 5.74) is 0.0451. The highest BCUT2D eigenvalue weighted by Gasteiger charge is 2.29. The average molecular weight is 333 g/mol. The van der Waals surface area contributed by atoms with Crippen molar-refractivity contribution in [3.63, 3.8) is 0 Å². The van der Waals surface area contributed by atoms with Crippen molar-refractivity contribution in [2.45, 2.75) is 18.9 Å². The fourth-order valence-electron chi connectivity index (χ4n) is 2.89. The maximum Gasteiger partial charge on any atom is 0.274 e. The van der Waals surface area contributed by atoms with E-state index in [1.165, 1.54) is 23.9 Å². The van der Waals surface area contributed by atoms with Crippen LogP contribution < -0.4 is 5.56 Å². The zero-order valence-electron chi connectivity index (χ0n) is 12.9. The van der Waals surface area contributed by atoms with Crippen LogP contribution in [0.3, 0.4) is 0 Å². The first kappa shape index (κ1) is 15.9. The molecule has 0 spiro atoms. The Morgan fingerprint density at radius 1 is 1.35 bits per heavy atom. The van der Waals surface area contributed by atoms with Crippen LogP contribution >= 0.6 is 11.3 Å². The largest absolute Gasteiger partial charge is 0.387 e. The summed E-state index contributed by atoms with van der Waals surface area (Å²) >= 11 is 1.56. The number of aliphatic hydroxyl groups excluding tert-OH is 1. The Morgan fingerprint density at radius 2 is 2.09 bits per heavy atom. The molecule has 1 N–H and O–H groups in total. The Kier molecular flexibility index (Phi) is 4.58. The van der Waals surface area contributed by atoms with E-state index in [0.29, 0.717) is 13.1 Å². The van der Waals surface area contributed by atoms with Gasteiger partial charge in [-0.2, -0.15) is 5.10 Å². The van der Waals surface area contributed by atoms with Crippen molar-refractivity contribution in [3.05, 3.63) is 50.6 Å². The summed E-state index contributed by atoms with van der Waals surface area (Å²) in [6.45, 7) is 1.19. The van der Waals surface area contributed by atoms with Crippen LogP contribution in [-0.2, 0) is 7.05 Å². The third-order valence-electron chi connectivity index (χ3n) is 4.29. The van der Waals surface area contributed by atoms with Crippen LogP contribution in [0.25, 0.3) is 0 Å². The molecule has 6 nitrogen and oxygen atoms in total. The van der Waals surface area contributed by atoms with E-state index in [-0.39, 0.29) is 23.1 Å². The molecule has 1 saturated heterocycles. The molecule has 3 heterocycles. The second-order valence-electron chi connectivity index (χ2n) is 5.77. The number of aromatic nitrogens is 2. The van der Waals surface area contributed by atoms with E-state index < -0.39 is 6.10 Å². The van der Waals surface area contributed by atoms with Gasteiger partial charge in [-0.3, -0.25) is 9.59 Å². The van der Waals surface area contributed by atoms with Gasteiger partial charge in [0.15, 0.2) is 0 Å². The van der Waals surface area contributed by atoms with Gasteiger partial charge in [-0.15, -0.1) is 11.3 Å². The van der Waals surface area contributed by atoms with E-state index in [0.717, 1.165) is 17.7 Å². The third-order valence-corrected chi connectivity index (χ3v) is 5.23. The van der Waals surface area contributed by atoms with Gasteiger partial charge in [0.2, 0.25) is 0 Å². The molecule has 1 atom stereocenters. The Morgan fingerprint density at radius 3 is 2.70 bits per heavy atom. The molecule has 23 heavy (non-hydrogen) atoms. The summed E-state index contributed by atoms with van der Waals surface area (Å²) in [6, 6.07) is 6.71. The Bertz CT molecular complexity index is 733. The number of rotatable bonds is 3. The van der Waals surface area contributed by atoms with Gasteiger partial charge in [-0.1, -0.05) is 6.07 Å². The van der Waals surface area contributed by atoms with Gasteiger partial charge in [0.1, 0.15) is 5.69 Å². The zero-order valence-corrected chi connectivity index (χ0v) is 13.7. The summed E-state index contributed by atoms with van der Waals surface area (Å²) in [6.07, 6.45) is 1.07. The number of carbonyl (C=O) groups excluding carboxylic acids is 1. The fourth-order valence-corrected chi connectivity index (χ4v) is 3.69. The monoisotopic (exact) mass is 333 g/mol. The molecule has 1 aliphatic rings. The van der Waals surface area contributed by atoms with Gasteiger partial charge in [0.05, 0.1) is 6.10 Å². The Hall–Kier alpha value is -1.99. The lowest BCUT2D eigenvalue weighted by molar-refractivity contribution is 0.0468. The van der Waals surface area contributed by atoms with Crippen molar-refractivity contribution in [2.24, 2.45) is 13.0 Å². The molecular weight excluding hydrogens is 314 g/mol. The van der Waals surface area contributed by atoms with Crippen molar-refractivity contribution in [1.82, 2.24) is 14.7 Å². The summed E-state index contributed by atoms with van der Waals surface area (Å²) in [4.78, 5) is 26.5. The molecule has 0 saturated carbocycles. The third kappa shape index (κ3) is 3.35. The first-order valence-electron chi connectivity index (χ1n) is 7.61. The molecule has 1 aliphatic heterocycles. The maximum absolute atomic E-state index is 12.5. The molecule has 0 unspecified atom stereocenters. The lowest BCUT2D eigenvalue weighted by Crippen LogP contribution is -2.40. The second-order valence-corrected chi connectivity index (χ2v) is 6.75. The topological polar surface area (TPSA) is 75.4 Å². The number of piperidine rings is 1. The first-order chi connectivity index (χ1) is 11.1. The normalized spacial score (nSPS) is 17.2. The number of carbonyl (C=O) groups is 1. The summed E-state index contributed by atoms with van der Waals surface area (Å²) < 4.78 is 1.17. The molecule has 0 radical (unpaired) electrons. The lowest BCUT2D eigenvalue weighted by Gasteiger charge is -2.33. The number of aliphatic hydroxyl groups is 1. The average Bonchev–Trinajstić information content (AvgIpc) is 3.11. The number of nitrogens with zero attached hydrogens (tertiary/aromatic N) is 3. The predicted molar refractivity (Wildman–Crippen MR) is 87.4 cm³/mol. The van der Waals surface area contributed by atoms with E-state index in [1.54, 1.807) is 16.2 Å². The van der Waals surface area contributed by atoms with Gasteiger partial charge in [-0.25, -0.2) is 4.68 Å². The van der Waals surface area contributed by atoms with Crippen LogP contribution in [0.2, 0.25) is 0 Å². The molecule has 1 fully saturated rings. The summed E-state index contributed by atoms with van der Waals surface area (Å²) in [5, 5.41) is 16.4. The maximum atomic E-state index is 12.5. The van der Waals surface area contributed by atoms with Crippen LogP contribution in [0.1, 0.15) is 34.3 Å². The molecule has 1 amide bonds. The highest BCUT2D eigenvalue weighted by Crippen LogP contribution is 2.33. The van der Waals surface area contributed by atoms with Crippen molar-refractivity contribution < 1.29 is 9.90 Å². The zero-order chi connectivity index (χ0) is 16.4. The number of thiophene rings is 1. The molecule has 122 valence electrons. The summed E-state index contributed by atoms with van der Waals surface area (Å²) in [7, 11) is 1.53. The van der Waals surface area contributed by atoms with Crippen LogP contribution in [-0.4, -0.2) is 38.8 Å². The van der Waals surface area contributed by atoms with Gasteiger partial charge in [0.25, 0.3) is 11.5 Å². The number of hydrogen-bond acceptors (Lipinski definition) is 5. The van der Waals surface area contributed by atoms with Crippen LogP contribution in [0, 0.1) is 5.92 Å². The highest BCUT2D eigenvalue weighted by atomic mass is 32.1. The minimum absolute atomic E-state index is 0.162. The number of amides is 1. The quantitative estimate of drug-likeness (QED) is 0.922. The van der Waals surface area contributed by atoms with E-state index >= 15 is 0 Å². The molecule has 3 rings (SSSR count). The molecule has 2 aromatic heterocycles. The van der Waals surface area contributed by atoms with E-state index in [9.17, 15) is 14.7 Å². The Balaban J connectivity index is 1.63. The second kappa shape index (κ2) is 6.64. The fraction of sp³-hybridized carbons (Fsp3) is 0.438. The van der Waals surface area contributed by atoms with Crippen molar-refractivity contribution >= 4 is 17.2 Å². The summed E-state index contributed by atoms with van der Waals surface area (Å²) in [5.74, 6) is 0.00968. The smallest absolute Gasteiger partial charge is 0.274 e. The van der Waals surface area contributed by atoms with Crippen LogP contribution in [0.15, 0.2) is 34.4 Å². The van der Waals surface area contributed by atoms with Crippen LogP contribution in [0.5, 0.6) is 0 Å². The van der Waals surface area contributed by atoms with Crippen molar-refractivity contribution in [3.8, 4) is 0 Å². The molecule has 0 aromatic carbocycles. The number of aryl methyl sites for hydroxylation is 1. The minimum Gasteiger partial charge on any atom is -0.387 e. The number of likely N-dealkylation sites (tertiary alicyclic amines) is 1. The highest BCUT2D eigenvalue weighted by molar-refractivity contribution is 7.10. The molecule has 0 bridgehead atoms. The van der Waals surface area contributed by atoms with Gasteiger partial charge in [-0.05, 0) is 36.3 Å². The molecule has 2 aromatic rings. The standard InChI is InChI=1S/C16H19N3O3S/c1-18-14(20)5-4-12(17-18)16(22)19-8-6-11(7-9-19)15(21)13-3-2-10-23-13/h2-5,10-11,15,21H,6-9H2,1H3/t15-/m1/s1. The molecular formula is C16H19N3O3S. The minimum atomic E-state index is -0.456. The van der Waals surface area contributed by atoms with Gasteiger partial charge in [0, 0.05) is 31.1 Å². The Labute approximate surface area is 138 Å². The first-order valence-corrected chi connectivity index (χ1v) is 8.49. The van der Waals surface area contributed by atoms with E-state index in [2.05, 4.69) is 5.10 Å².